The minimum atomic E-state index is 0.191. The van der Waals surface area contributed by atoms with E-state index in [4.69, 9.17) is 4.74 Å². The zero-order valence-electron chi connectivity index (χ0n) is 13.4. The Balaban J connectivity index is 1.89. The summed E-state index contributed by atoms with van der Waals surface area (Å²) in [6.45, 7) is 6.03. The van der Waals surface area contributed by atoms with Gasteiger partial charge in [0.25, 0.3) is 0 Å². The summed E-state index contributed by atoms with van der Waals surface area (Å²) in [5.41, 5.74) is 5.19. The van der Waals surface area contributed by atoms with E-state index >= 15 is 0 Å². The number of nitrogens with one attached hydrogen (secondary N) is 1. The molecular formula is C19H24N2O. The number of aryl methyl sites for hydroxylation is 2. The minimum absolute atomic E-state index is 0.191. The maximum Gasteiger partial charge on any atom is 0.0594 e. The summed E-state index contributed by atoms with van der Waals surface area (Å²) in [6, 6.07) is 11.6. The first-order valence-corrected chi connectivity index (χ1v) is 8.05. The van der Waals surface area contributed by atoms with Crippen LogP contribution >= 0.6 is 0 Å². The van der Waals surface area contributed by atoms with Crippen LogP contribution in [-0.2, 0) is 4.74 Å². The lowest BCUT2D eigenvalue weighted by Gasteiger charge is -2.29. The van der Waals surface area contributed by atoms with Crippen molar-refractivity contribution < 1.29 is 4.74 Å². The first kappa shape index (κ1) is 15.2. The van der Waals surface area contributed by atoms with Gasteiger partial charge in [0.2, 0.25) is 0 Å². The Morgan fingerprint density at radius 2 is 1.91 bits per heavy atom. The van der Waals surface area contributed by atoms with Gasteiger partial charge in [-0.15, -0.1) is 0 Å². The molecule has 1 aliphatic rings. The van der Waals surface area contributed by atoms with Gasteiger partial charge in [0.1, 0.15) is 0 Å². The Kier molecular flexibility index (Phi) is 4.86. The largest absolute Gasteiger partial charge is 0.381 e. The minimum Gasteiger partial charge on any atom is -0.381 e. The summed E-state index contributed by atoms with van der Waals surface area (Å²) < 4.78 is 5.48. The van der Waals surface area contributed by atoms with Crippen molar-refractivity contribution in [2.75, 3.05) is 13.2 Å². The lowest BCUT2D eigenvalue weighted by Crippen LogP contribution is -2.37. The van der Waals surface area contributed by atoms with Gasteiger partial charge < -0.3 is 10.1 Å². The molecular weight excluding hydrogens is 272 g/mol. The van der Waals surface area contributed by atoms with Crippen molar-refractivity contribution in [1.82, 2.24) is 10.3 Å². The summed E-state index contributed by atoms with van der Waals surface area (Å²) >= 11 is 0. The van der Waals surface area contributed by atoms with Crippen molar-refractivity contribution >= 4 is 0 Å². The first-order valence-electron chi connectivity index (χ1n) is 8.05. The predicted octanol–water partition coefficient (Wildman–Crippen LogP) is 3.56. The van der Waals surface area contributed by atoms with Gasteiger partial charge in [0, 0.05) is 31.6 Å². The van der Waals surface area contributed by atoms with Gasteiger partial charge in [0.05, 0.1) is 6.04 Å². The van der Waals surface area contributed by atoms with E-state index in [0.29, 0.717) is 6.04 Å². The van der Waals surface area contributed by atoms with Crippen LogP contribution in [0.5, 0.6) is 0 Å². The smallest absolute Gasteiger partial charge is 0.0594 e. The van der Waals surface area contributed by atoms with Crippen LogP contribution in [0.2, 0.25) is 0 Å². The fraction of sp³-hybridized carbons (Fsp3) is 0.421. The average Bonchev–Trinajstić information content (AvgIpc) is 2.57. The number of benzene rings is 1. The molecule has 2 heterocycles. The quantitative estimate of drug-likeness (QED) is 0.937. The van der Waals surface area contributed by atoms with Crippen molar-refractivity contribution in [2.24, 2.45) is 0 Å². The molecule has 1 atom stereocenters. The average molecular weight is 296 g/mol. The molecule has 0 spiro atoms. The molecule has 1 N–H and O–H groups in total. The van der Waals surface area contributed by atoms with Crippen LogP contribution in [0.3, 0.4) is 0 Å². The van der Waals surface area contributed by atoms with Gasteiger partial charge in [-0.05, 0) is 55.0 Å². The highest BCUT2D eigenvalue weighted by molar-refractivity contribution is 5.36. The van der Waals surface area contributed by atoms with Crippen LogP contribution in [0.25, 0.3) is 0 Å². The zero-order valence-corrected chi connectivity index (χ0v) is 13.4. The topological polar surface area (TPSA) is 34.1 Å². The Morgan fingerprint density at radius 3 is 2.59 bits per heavy atom. The van der Waals surface area contributed by atoms with E-state index in [1.54, 1.807) is 0 Å². The van der Waals surface area contributed by atoms with E-state index in [0.717, 1.165) is 26.1 Å². The molecule has 0 saturated carbocycles. The molecule has 116 valence electrons. The second-order valence-corrected chi connectivity index (χ2v) is 6.12. The second-order valence-electron chi connectivity index (χ2n) is 6.12. The Morgan fingerprint density at radius 1 is 1.09 bits per heavy atom. The Bertz CT molecular complexity index is 606. The van der Waals surface area contributed by atoms with E-state index in [1.807, 2.05) is 18.5 Å². The lowest BCUT2D eigenvalue weighted by molar-refractivity contribution is 0.0760. The molecule has 1 saturated heterocycles. The Hall–Kier alpha value is -1.71. The van der Waals surface area contributed by atoms with Crippen molar-refractivity contribution in [3.63, 3.8) is 0 Å². The van der Waals surface area contributed by atoms with E-state index < -0.39 is 0 Å². The van der Waals surface area contributed by atoms with E-state index in [-0.39, 0.29) is 6.04 Å². The molecule has 1 unspecified atom stereocenters. The molecule has 3 heteroatoms. The van der Waals surface area contributed by atoms with Crippen LogP contribution in [-0.4, -0.2) is 24.2 Å². The summed E-state index contributed by atoms with van der Waals surface area (Å²) in [5.74, 6) is 0. The SMILES string of the molecule is Cc1ccc(C(NC2CCOCC2)c2cccnc2)cc1C. The predicted molar refractivity (Wildman–Crippen MR) is 89.0 cm³/mol. The third kappa shape index (κ3) is 3.54. The molecule has 1 aromatic heterocycles. The number of ether oxygens (including phenoxy) is 1. The third-order valence-corrected chi connectivity index (χ3v) is 4.51. The monoisotopic (exact) mass is 296 g/mol. The first-order chi connectivity index (χ1) is 10.7. The van der Waals surface area contributed by atoms with E-state index in [2.05, 4.69) is 48.4 Å². The molecule has 0 bridgehead atoms. The third-order valence-electron chi connectivity index (χ3n) is 4.51. The Labute approximate surface area is 132 Å². The highest BCUT2D eigenvalue weighted by Gasteiger charge is 2.21. The number of hydrogen-bond donors (Lipinski definition) is 1. The molecule has 0 radical (unpaired) electrons. The number of nitrogens with zero attached hydrogens (tertiary/aromatic N) is 1. The van der Waals surface area contributed by atoms with Crippen LogP contribution < -0.4 is 5.32 Å². The molecule has 1 fully saturated rings. The summed E-state index contributed by atoms with van der Waals surface area (Å²) in [5, 5.41) is 3.82. The summed E-state index contributed by atoms with van der Waals surface area (Å²) in [7, 11) is 0. The fourth-order valence-corrected chi connectivity index (χ4v) is 2.98. The molecule has 0 aliphatic carbocycles. The van der Waals surface area contributed by atoms with Crippen LogP contribution in [0, 0.1) is 13.8 Å². The normalized spacial score (nSPS) is 17.4. The van der Waals surface area contributed by atoms with Crippen molar-refractivity contribution in [1.29, 1.82) is 0 Å². The molecule has 0 amide bonds. The summed E-state index contributed by atoms with van der Waals surface area (Å²) in [6.07, 6.45) is 5.94. The second kappa shape index (κ2) is 7.03. The van der Waals surface area contributed by atoms with E-state index in [1.165, 1.54) is 22.3 Å². The highest BCUT2D eigenvalue weighted by atomic mass is 16.5. The number of hydrogen-bond acceptors (Lipinski definition) is 3. The number of aromatic nitrogens is 1. The zero-order chi connectivity index (χ0) is 15.4. The number of pyridine rings is 1. The lowest BCUT2D eigenvalue weighted by atomic mass is 9.95. The van der Waals surface area contributed by atoms with Gasteiger partial charge in [-0.3, -0.25) is 4.98 Å². The fourth-order valence-electron chi connectivity index (χ4n) is 2.98. The van der Waals surface area contributed by atoms with Crippen molar-refractivity contribution in [2.45, 2.75) is 38.8 Å². The van der Waals surface area contributed by atoms with Crippen molar-refractivity contribution in [3.8, 4) is 0 Å². The maximum absolute atomic E-state index is 5.48. The van der Waals surface area contributed by atoms with Gasteiger partial charge in [-0.2, -0.15) is 0 Å². The highest BCUT2D eigenvalue weighted by Crippen LogP contribution is 2.25. The van der Waals surface area contributed by atoms with Crippen molar-refractivity contribution in [3.05, 3.63) is 65.0 Å². The van der Waals surface area contributed by atoms with Gasteiger partial charge >= 0.3 is 0 Å². The van der Waals surface area contributed by atoms with Crippen LogP contribution in [0.1, 0.15) is 41.1 Å². The molecule has 1 aromatic carbocycles. The summed E-state index contributed by atoms with van der Waals surface area (Å²) in [4.78, 5) is 4.30. The molecule has 1 aliphatic heterocycles. The van der Waals surface area contributed by atoms with Crippen LogP contribution in [0.4, 0.5) is 0 Å². The molecule has 2 aromatic rings. The molecule has 3 nitrogen and oxygen atoms in total. The van der Waals surface area contributed by atoms with Gasteiger partial charge in [-0.1, -0.05) is 24.3 Å². The van der Waals surface area contributed by atoms with Crippen LogP contribution in [0.15, 0.2) is 42.7 Å². The van der Waals surface area contributed by atoms with Gasteiger partial charge in [0.15, 0.2) is 0 Å². The molecule has 3 rings (SSSR count). The van der Waals surface area contributed by atoms with Gasteiger partial charge in [-0.25, -0.2) is 0 Å². The number of rotatable bonds is 4. The maximum atomic E-state index is 5.48. The standard InChI is InChI=1S/C19H24N2O/c1-14-5-6-16(12-15(14)2)19(17-4-3-9-20-13-17)21-18-7-10-22-11-8-18/h3-6,9,12-13,18-19,21H,7-8,10-11H2,1-2H3. The molecule has 22 heavy (non-hydrogen) atoms. The van der Waals surface area contributed by atoms with E-state index in [9.17, 15) is 0 Å².